The van der Waals surface area contributed by atoms with E-state index < -0.39 is 123 Å². The van der Waals surface area contributed by atoms with Crippen molar-refractivity contribution in [1.82, 2.24) is 0 Å². The molecule has 0 amide bonds. The van der Waals surface area contributed by atoms with E-state index in [1.54, 1.807) is 97.1 Å². The van der Waals surface area contributed by atoms with Gasteiger partial charge < -0.3 is 75.8 Å². The lowest BCUT2D eigenvalue weighted by molar-refractivity contribution is -0.394. The van der Waals surface area contributed by atoms with Crippen molar-refractivity contribution < 1.29 is 95.0 Å². The van der Waals surface area contributed by atoms with E-state index in [9.17, 15) is 9.59 Å². The minimum atomic E-state index is -1.92. The van der Waals surface area contributed by atoms with Crippen molar-refractivity contribution in [2.24, 2.45) is 0 Å². The predicted molar refractivity (Wildman–Crippen MR) is 399 cm³/mol. The molecule has 3 aliphatic heterocycles. The number of methoxy groups -OCH3 is 1. The van der Waals surface area contributed by atoms with Crippen LogP contribution in [0.25, 0.3) is 0 Å². The summed E-state index contributed by atoms with van der Waals surface area (Å²) in [7, 11) is 1.47. The van der Waals surface area contributed by atoms with Crippen molar-refractivity contribution in [2.45, 2.75) is 132 Å². The summed E-state index contributed by atoms with van der Waals surface area (Å²) in [5.74, 6) is -3.52. The quantitative estimate of drug-likeness (QED) is 0.0271. The second-order valence-corrected chi connectivity index (χ2v) is 26.3. The molecule has 3 heterocycles. The van der Waals surface area contributed by atoms with E-state index in [1.807, 2.05) is 182 Å². The average molecular weight is 1480 g/mol. The highest BCUT2D eigenvalue weighted by molar-refractivity contribution is 5.91. The maximum Gasteiger partial charge on any atom is 0.338 e. The van der Waals surface area contributed by atoms with E-state index in [-0.39, 0.29) is 75.1 Å². The van der Waals surface area contributed by atoms with Gasteiger partial charge in [0.1, 0.15) is 61.5 Å². The van der Waals surface area contributed by atoms with Gasteiger partial charge in [0.15, 0.2) is 37.2 Å². The van der Waals surface area contributed by atoms with Crippen molar-refractivity contribution in [3.05, 3.63) is 359 Å². The zero-order valence-electron chi connectivity index (χ0n) is 60.1. The standard InChI is InChI=1S/C89H86O20/c1-94-87-81(100-57-66-42-22-7-23-43-66)78(109-88-80(99-56-65-40-20-6-21-41-65)77(98-55-64-38-18-5-19-39-64)74(97-54-63-36-16-4-17-37-63)71(103-88)58-95-52-61-32-12-2-13-33-61)76(72(102-87)59-96-53-62-34-14-3-15-35-62)108-89-82(107-86(93)70-50-30-11-31-51-70)79(106-85(92)69-48-28-10-29-49-69)75(105-84(91)68-46-26-9-27-47-68)73(104-89)60-101-83(90)67-44-24-8-25-45-67/h2-51,71-82,87-89H,52-60H2,1H3/t71-,72-,73-,74-,75-,76-,77+,78+,79+,80-,81-,82-,87+,88-,89+/m1/s1. The van der Waals surface area contributed by atoms with Gasteiger partial charge in [-0.2, -0.15) is 0 Å². The van der Waals surface area contributed by atoms with E-state index in [0.717, 1.165) is 33.4 Å². The van der Waals surface area contributed by atoms with Crippen molar-refractivity contribution in [2.75, 3.05) is 26.9 Å². The van der Waals surface area contributed by atoms with Gasteiger partial charge in [0.25, 0.3) is 0 Å². The third-order valence-electron chi connectivity index (χ3n) is 18.7. The summed E-state index contributed by atoms with van der Waals surface area (Å²) in [6.45, 7) is -0.476. The van der Waals surface area contributed by atoms with Gasteiger partial charge in [0.05, 0.1) is 75.1 Å². The molecule has 0 N–H and O–H groups in total. The zero-order valence-corrected chi connectivity index (χ0v) is 60.1. The largest absolute Gasteiger partial charge is 0.459 e. The summed E-state index contributed by atoms with van der Waals surface area (Å²) in [6, 6.07) is 90.4. The molecular formula is C89H86O20. The molecule has 0 unspecified atom stereocenters. The van der Waals surface area contributed by atoms with Crippen molar-refractivity contribution in [3.63, 3.8) is 0 Å². The Morgan fingerprint density at radius 2 is 0.532 bits per heavy atom. The molecular weight excluding hydrogens is 1390 g/mol. The lowest BCUT2D eigenvalue weighted by Gasteiger charge is -2.51. The molecule has 10 aromatic rings. The SMILES string of the molecule is CO[C@H]1O[C@H](COCc2ccccc2)[C@@H](O[C@@H]2O[C@H](COC(=O)c3ccccc3)[C@@H](OC(=O)c3ccccc3)[C@H](OC(=O)c3ccccc3)[C@H]2OC(=O)c2ccccc2)[C@H](O[C@H]2O[C@H](COCc3ccccc3)[C@@H](OCc3ccccc3)[C@H](OCc3ccccc3)[C@H]2OCc2ccccc2)[C@H]1OCc1ccccc1. The lowest BCUT2D eigenvalue weighted by Crippen LogP contribution is -2.68. The highest BCUT2D eigenvalue weighted by atomic mass is 16.8. The van der Waals surface area contributed by atoms with Gasteiger partial charge in [-0.05, 0) is 81.9 Å². The van der Waals surface area contributed by atoms with Crippen LogP contribution in [0.15, 0.2) is 303 Å². The number of ether oxygens (including phenoxy) is 16. The van der Waals surface area contributed by atoms with E-state index in [4.69, 9.17) is 75.8 Å². The Kier molecular flexibility index (Phi) is 27.9. The van der Waals surface area contributed by atoms with E-state index in [1.165, 1.54) is 31.4 Å². The Morgan fingerprint density at radius 3 is 0.917 bits per heavy atom. The predicted octanol–water partition coefficient (Wildman–Crippen LogP) is 13.9. The maximum absolute atomic E-state index is 15.2. The number of hydrogen-bond donors (Lipinski definition) is 0. The van der Waals surface area contributed by atoms with E-state index in [0.29, 0.717) is 0 Å². The van der Waals surface area contributed by atoms with Crippen LogP contribution in [0.3, 0.4) is 0 Å². The molecule has 0 aromatic heterocycles. The van der Waals surface area contributed by atoms with Crippen molar-refractivity contribution in [1.29, 1.82) is 0 Å². The van der Waals surface area contributed by atoms with Crippen LogP contribution >= 0.6 is 0 Å². The number of hydrogen-bond acceptors (Lipinski definition) is 20. The molecule has 0 saturated carbocycles. The molecule has 0 radical (unpaired) electrons. The summed E-state index contributed by atoms with van der Waals surface area (Å²) in [5.41, 5.74) is 5.48. The van der Waals surface area contributed by atoms with Crippen LogP contribution in [0.5, 0.6) is 0 Å². The van der Waals surface area contributed by atoms with E-state index in [2.05, 4.69) is 0 Å². The van der Waals surface area contributed by atoms with Gasteiger partial charge in [-0.3, -0.25) is 0 Å². The topological polar surface area (TPSA) is 216 Å². The highest BCUT2D eigenvalue weighted by Gasteiger charge is 2.59. The minimum Gasteiger partial charge on any atom is -0.459 e. The van der Waals surface area contributed by atoms with Crippen LogP contribution < -0.4 is 0 Å². The summed E-state index contributed by atoms with van der Waals surface area (Å²) < 4.78 is 112. The van der Waals surface area contributed by atoms with Crippen LogP contribution in [-0.4, -0.2) is 143 Å². The first-order chi connectivity index (χ1) is 53.7. The molecule has 3 saturated heterocycles. The number of esters is 4. The highest BCUT2D eigenvalue weighted by Crippen LogP contribution is 2.40. The molecule has 0 aliphatic carbocycles. The van der Waals surface area contributed by atoms with Crippen LogP contribution in [0.4, 0.5) is 0 Å². The Balaban J connectivity index is 0.975. The first-order valence-corrected chi connectivity index (χ1v) is 36.3. The van der Waals surface area contributed by atoms with Crippen LogP contribution in [-0.2, 0) is 115 Å². The molecule has 3 fully saturated rings. The van der Waals surface area contributed by atoms with Gasteiger partial charge in [0, 0.05) is 7.11 Å². The Hall–Kier alpha value is -10.4. The lowest BCUT2D eigenvalue weighted by atomic mass is 9.94. The number of rotatable bonds is 34. The Morgan fingerprint density at radius 1 is 0.257 bits per heavy atom. The monoisotopic (exact) mass is 1470 g/mol. The van der Waals surface area contributed by atoms with Gasteiger partial charge in [0.2, 0.25) is 0 Å². The van der Waals surface area contributed by atoms with Gasteiger partial charge >= 0.3 is 23.9 Å². The van der Waals surface area contributed by atoms with Gasteiger partial charge in [-0.1, -0.05) is 255 Å². The summed E-state index contributed by atoms with van der Waals surface area (Å²) in [4.78, 5) is 59.3. The molecule has 13 rings (SSSR count). The van der Waals surface area contributed by atoms with Gasteiger partial charge in [-0.25, -0.2) is 19.2 Å². The second kappa shape index (κ2) is 39.6. The Bertz CT molecular complexity index is 4350. The maximum atomic E-state index is 15.2. The normalized spacial score (nSPS) is 23.9. The molecule has 10 aromatic carbocycles. The van der Waals surface area contributed by atoms with Crippen LogP contribution in [0, 0.1) is 0 Å². The molecule has 20 nitrogen and oxygen atoms in total. The van der Waals surface area contributed by atoms with Gasteiger partial charge in [-0.15, -0.1) is 0 Å². The molecule has 0 spiro atoms. The number of carbonyl (C=O) groups is 4. The molecule has 3 aliphatic rings. The Labute approximate surface area is 633 Å². The third kappa shape index (κ3) is 21.3. The summed E-state index contributed by atoms with van der Waals surface area (Å²) in [5, 5.41) is 0. The summed E-state index contributed by atoms with van der Waals surface area (Å²) in [6.07, 6.45) is -21.4. The number of carbonyl (C=O) groups excluding carboxylic acids is 4. The molecule has 562 valence electrons. The smallest absolute Gasteiger partial charge is 0.338 e. The fourth-order valence-electron chi connectivity index (χ4n) is 13.1. The number of benzene rings is 10. The third-order valence-corrected chi connectivity index (χ3v) is 18.7. The average Bonchev–Trinajstić information content (AvgIpc) is 0.761. The fourth-order valence-corrected chi connectivity index (χ4v) is 13.1. The van der Waals surface area contributed by atoms with E-state index >= 15 is 9.59 Å². The first kappa shape index (κ1) is 76.8. The summed E-state index contributed by atoms with van der Waals surface area (Å²) >= 11 is 0. The molecule has 109 heavy (non-hydrogen) atoms. The molecule has 0 bridgehead atoms. The van der Waals surface area contributed by atoms with Crippen LogP contribution in [0.1, 0.15) is 74.8 Å². The van der Waals surface area contributed by atoms with Crippen LogP contribution in [0.2, 0.25) is 0 Å². The van der Waals surface area contributed by atoms with Crippen molar-refractivity contribution in [3.8, 4) is 0 Å². The molecule has 20 heteroatoms. The first-order valence-electron chi connectivity index (χ1n) is 36.3. The second-order valence-electron chi connectivity index (χ2n) is 26.3. The van der Waals surface area contributed by atoms with Crippen molar-refractivity contribution >= 4 is 23.9 Å². The minimum absolute atomic E-state index is 0.0263. The molecule has 15 atom stereocenters. The zero-order chi connectivity index (χ0) is 74.8. The fraction of sp³-hybridized carbons (Fsp3) is 0.281.